The third kappa shape index (κ3) is 10.4. The molecule has 0 spiro atoms. The molecule has 3 aromatic rings. The van der Waals surface area contributed by atoms with Gasteiger partial charge in [0.25, 0.3) is 5.91 Å². The molecule has 2 aliphatic rings. The molecule has 0 radical (unpaired) electrons. The van der Waals surface area contributed by atoms with E-state index >= 15 is 0 Å². The Balaban J connectivity index is 1.24. The van der Waals surface area contributed by atoms with E-state index < -0.39 is 46.8 Å². The SMILES string of the molecule is CCS(=O)(=O)CCN(CCCC(C)c1ccc(C)c(CCC2(c3cnccc3-c3ccccc3OC3CC3)CC2)c1)C(=O)[C@@H](O)[C@@H](O)[C@H](O)[C@@H](O)CO. The van der Waals surface area contributed by atoms with Crippen LogP contribution in [0.5, 0.6) is 5.75 Å². The van der Waals surface area contributed by atoms with Crippen LogP contribution >= 0.6 is 0 Å². The van der Waals surface area contributed by atoms with Crippen molar-refractivity contribution >= 4 is 15.7 Å². The second kappa shape index (κ2) is 17.8. The van der Waals surface area contributed by atoms with E-state index in [4.69, 9.17) is 9.84 Å². The predicted molar refractivity (Wildman–Crippen MR) is 203 cm³/mol. The number of nitrogens with zero attached hydrogens (tertiary/aromatic N) is 2. The summed E-state index contributed by atoms with van der Waals surface area (Å²) in [5.41, 5.74) is 7.30. The minimum Gasteiger partial charge on any atom is -0.490 e. The summed E-state index contributed by atoms with van der Waals surface area (Å²) in [4.78, 5) is 19.0. The number of aromatic nitrogens is 1. The van der Waals surface area contributed by atoms with Crippen molar-refractivity contribution in [1.29, 1.82) is 0 Å². The normalized spacial score (nSPS) is 18.1. The van der Waals surface area contributed by atoms with Gasteiger partial charge in [0.15, 0.2) is 15.9 Å². The second-order valence-corrected chi connectivity index (χ2v) is 17.5. The first-order valence-corrected chi connectivity index (χ1v) is 20.7. The van der Waals surface area contributed by atoms with Crippen molar-refractivity contribution in [3.63, 3.8) is 0 Å². The Morgan fingerprint density at radius 3 is 2.43 bits per heavy atom. The van der Waals surface area contributed by atoms with E-state index in [-0.39, 0.29) is 35.9 Å². The Hall–Kier alpha value is -3.39. The largest absolute Gasteiger partial charge is 0.490 e. The van der Waals surface area contributed by atoms with E-state index in [0.29, 0.717) is 18.9 Å². The molecule has 5 N–H and O–H groups in total. The highest BCUT2D eigenvalue weighted by molar-refractivity contribution is 7.91. The Kier molecular flexibility index (Phi) is 13.7. The van der Waals surface area contributed by atoms with Crippen LogP contribution in [0.3, 0.4) is 0 Å². The van der Waals surface area contributed by atoms with Gasteiger partial charge in [-0.1, -0.05) is 50.2 Å². The number of ether oxygens (including phenoxy) is 1. The van der Waals surface area contributed by atoms with Crippen LogP contribution in [0.25, 0.3) is 11.1 Å². The summed E-state index contributed by atoms with van der Waals surface area (Å²) >= 11 is 0. The lowest BCUT2D eigenvalue weighted by atomic mass is 9.84. The Morgan fingerprint density at radius 1 is 1.02 bits per heavy atom. The van der Waals surface area contributed by atoms with Gasteiger partial charge >= 0.3 is 0 Å². The fourth-order valence-electron chi connectivity index (χ4n) is 6.99. The number of benzene rings is 2. The van der Waals surface area contributed by atoms with Crippen molar-refractivity contribution in [3.05, 3.63) is 83.2 Å². The van der Waals surface area contributed by atoms with Gasteiger partial charge in [-0.05, 0) is 110 Å². The van der Waals surface area contributed by atoms with Crippen molar-refractivity contribution < 1.29 is 43.5 Å². The van der Waals surface area contributed by atoms with Crippen LogP contribution in [0, 0.1) is 6.92 Å². The van der Waals surface area contributed by atoms with E-state index in [0.717, 1.165) is 55.4 Å². The van der Waals surface area contributed by atoms with Gasteiger partial charge in [0.2, 0.25) is 0 Å². The molecule has 0 bridgehead atoms. The molecule has 290 valence electrons. The van der Waals surface area contributed by atoms with Crippen LogP contribution in [0.4, 0.5) is 0 Å². The van der Waals surface area contributed by atoms with Crippen LogP contribution in [-0.4, -0.2) is 111 Å². The first-order valence-electron chi connectivity index (χ1n) is 18.9. The molecule has 2 aromatic carbocycles. The molecule has 5 atom stereocenters. The van der Waals surface area contributed by atoms with E-state index in [2.05, 4.69) is 61.3 Å². The van der Waals surface area contributed by atoms with Gasteiger partial charge in [0, 0.05) is 36.8 Å². The Labute approximate surface area is 313 Å². The number of aliphatic hydroxyl groups excluding tert-OH is 5. The highest BCUT2D eigenvalue weighted by Crippen LogP contribution is 2.55. The lowest BCUT2D eigenvalue weighted by Gasteiger charge is -2.30. The third-order valence-electron chi connectivity index (χ3n) is 11.1. The topological polar surface area (TPSA) is 178 Å². The van der Waals surface area contributed by atoms with Gasteiger partial charge < -0.3 is 35.2 Å². The van der Waals surface area contributed by atoms with Crippen LogP contribution in [-0.2, 0) is 26.5 Å². The summed E-state index contributed by atoms with van der Waals surface area (Å²) in [7, 11) is -3.44. The van der Waals surface area contributed by atoms with Gasteiger partial charge in [-0.25, -0.2) is 8.42 Å². The maximum Gasteiger partial charge on any atom is 0.254 e. The molecule has 1 heterocycles. The lowest BCUT2D eigenvalue weighted by molar-refractivity contribution is -0.158. The number of hydrogen-bond acceptors (Lipinski definition) is 10. The molecular formula is C41H56N2O9S. The van der Waals surface area contributed by atoms with Gasteiger partial charge in [0.05, 0.1) is 18.5 Å². The van der Waals surface area contributed by atoms with Crippen molar-refractivity contribution in [2.45, 2.75) is 114 Å². The van der Waals surface area contributed by atoms with Crippen molar-refractivity contribution in [2.24, 2.45) is 0 Å². The summed E-state index contributed by atoms with van der Waals surface area (Å²) in [6.07, 6.45) is 3.75. The Bertz CT molecular complexity index is 1790. The standard InChI is InChI=1S/C41H56N2O9S/c1-4-53(50,51)23-22-43(40(49)39(48)38(47)37(46)35(45)26-44)21-7-8-27(2)29-12-11-28(3)30(24-29)15-17-41(18-19-41)34-25-42-20-16-32(34)33-9-5-6-10-36(33)52-31-13-14-31/h5-6,9-12,16,20,24-25,27,31,35,37-39,44-48H,4,7-8,13-15,17-19,21-23,26H2,1-3H3/t27?,35-,37+,38-,39-/m0/s1. The molecule has 2 aliphatic carbocycles. The highest BCUT2D eigenvalue weighted by atomic mass is 32.2. The maximum absolute atomic E-state index is 13.2. The third-order valence-corrected chi connectivity index (χ3v) is 12.7. The van der Waals surface area contributed by atoms with Gasteiger partial charge in [0.1, 0.15) is 24.1 Å². The lowest BCUT2D eigenvalue weighted by Crippen LogP contribution is -2.53. The number of carbonyl (C=O) groups is 1. The van der Waals surface area contributed by atoms with E-state index in [1.807, 2.05) is 18.5 Å². The maximum atomic E-state index is 13.2. The predicted octanol–water partition coefficient (Wildman–Crippen LogP) is 3.85. The molecule has 12 heteroatoms. The molecule has 1 unspecified atom stereocenters. The zero-order valence-electron chi connectivity index (χ0n) is 31.1. The molecule has 11 nitrogen and oxygen atoms in total. The first kappa shape index (κ1) is 40.8. The zero-order chi connectivity index (χ0) is 38.3. The summed E-state index contributed by atoms with van der Waals surface area (Å²) < 4.78 is 30.8. The van der Waals surface area contributed by atoms with Crippen LogP contribution in [0.15, 0.2) is 60.9 Å². The molecule has 0 aliphatic heterocycles. The van der Waals surface area contributed by atoms with Gasteiger partial charge in [-0.2, -0.15) is 0 Å². The number of rotatable bonds is 21. The highest BCUT2D eigenvalue weighted by Gasteiger charge is 2.45. The average Bonchev–Trinajstić information content (AvgIpc) is 4.12. The van der Waals surface area contributed by atoms with E-state index in [9.17, 15) is 33.6 Å². The minimum absolute atomic E-state index is 0.0516. The summed E-state index contributed by atoms with van der Waals surface area (Å²) in [6.45, 7) is 4.80. The van der Waals surface area contributed by atoms with Crippen LogP contribution in [0.2, 0.25) is 0 Å². The number of amides is 1. The second-order valence-electron chi connectivity index (χ2n) is 15.0. The zero-order valence-corrected chi connectivity index (χ0v) is 31.9. The van der Waals surface area contributed by atoms with Crippen molar-refractivity contribution in [3.8, 4) is 16.9 Å². The minimum atomic E-state index is -3.44. The number of sulfone groups is 1. The van der Waals surface area contributed by atoms with Gasteiger partial charge in [-0.3, -0.25) is 9.78 Å². The molecule has 0 saturated heterocycles. The number of pyridine rings is 1. The monoisotopic (exact) mass is 752 g/mol. The molecule has 53 heavy (non-hydrogen) atoms. The smallest absolute Gasteiger partial charge is 0.254 e. The summed E-state index contributed by atoms with van der Waals surface area (Å²) in [5.74, 6) is -0.338. The molecule has 1 amide bonds. The molecule has 5 rings (SSSR count). The number of carbonyl (C=O) groups excluding carboxylic acids is 1. The van der Waals surface area contributed by atoms with Crippen molar-refractivity contribution in [1.82, 2.24) is 9.88 Å². The molecule has 1 aromatic heterocycles. The average molecular weight is 753 g/mol. The van der Waals surface area contributed by atoms with Crippen LogP contribution < -0.4 is 4.74 Å². The van der Waals surface area contributed by atoms with Gasteiger partial charge in [-0.15, -0.1) is 0 Å². The molecule has 2 fully saturated rings. The first-order chi connectivity index (χ1) is 25.3. The molecule has 2 saturated carbocycles. The number of aryl methyl sites for hydroxylation is 2. The molecular weight excluding hydrogens is 697 g/mol. The number of para-hydroxylation sites is 1. The number of aliphatic hydroxyl groups is 5. The number of hydrogen-bond donors (Lipinski definition) is 5. The fourth-order valence-corrected chi connectivity index (χ4v) is 7.78. The quantitative estimate of drug-likeness (QED) is 0.107. The summed E-state index contributed by atoms with van der Waals surface area (Å²) in [5, 5.41) is 49.7. The van der Waals surface area contributed by atoms with E-state index in [1.54, 1.807) is 0 Å². The summed E-state index contributed by atoms with van der Waals surface area (Å²) in [6, 6.07) is 16.9. The van der Waals surface area contributed by atoms with E-state index in [1.165, 1.54) is 34.1 Å². The van der Waals surface area contributed by atoms with Crippen LogP contribution in [0.1, 0.15) is 87.0 Å². The fraction of sp³-hybridized carbons (Fsp3) is 0.561. The van der Waals surface area contributed by atoms with Crippen molar-refractivity contribution in [2.75, 3.05) is 31.2 Å². The Morgan fingerprint density at radius 2 is 1.75 bits per heavy atom.